The first-order chi connectivity index (χ1) is 17.4. The number of ether oxygens (including phenoxy) is 1. The Hall–Kier alpha value is -3.15. The quantitative estimate of drug-likeness (QED) is 0.434. The van der Waals surface area contributed by atoms with Crippen molar-refractivity contribution >= 4 is 23.8 Å². The Labute approximate surface area is 214 Å². The molecule has 0 bridgehead atoms. The summed E-state index contributed by atoms with van der Waals surface area (Å²) in [6, 6.07) is 10.1. The van der Waals surface area contributed by atoms with Crippen LogP contribution < -0.4 is 9.64 Å². The highest BCUT2D eigenvalue weighted by atomic mass is 16.5. The van der Waals surface area contributed by atoms with Crippen LogP contribution in [-0.4, -0.2) is 35.6 Å². The molecule has 192 valence electrons. The summed E-state index contributed by atoms with van der Waals surface area (Å²) >= 11 is 0. The van der Waals surface area contributed by atoms with Crippen LogP contribution in [0.5, 0.6) is 5.75 Å². The second-order valence-electron chi connectivity index (χ2n) is 10.3. The van der Waals surface area contributed by atoms with Crippen molar-refractivity contribution in [2.75, 3.05) is 18.6 Å². The minimum Gasteiger partial charge on any atom is -0.496 e. The molecule has 2 aliphatic carbocycles. The molecule has 2 fully saturated rings. The van der Waals surface area contributed by atoms with E-state index in [1.807, 2.05) is 11.0 Å². The van der Waals surface area contributed by atoms with Gasteiger partial charge in [-0.3, -0.25) is 9.69 Å². The standard InChI is InChI=1S/C30H38N2O4/c1-21-18-26(13-14-27(21)36-2)24-11-8-23(9-12-24)20-32(30(35)25-6-4-3-5-7-25)28-19-22(16-17-31-28)10-15-29(33)34/h10,13-19,23-25H,3-9,11-12,20H2,1-2H3,(H,33,34)/t23-,24-. The predicted octanol–water partition coefficient (Wildman–Crippen LogP) is 6.38. The molecular formula is C30H38N2O4. The highest BCUT2D eigenvalue weighted by molar-refractivity contribution is 5.94. The summed E-state index contributed by atoms with van der Waals surface area (Å²) in [7, 11) is 1.71. The number of hydrogen-bond donors (Lipinski definition) is 1. The number of rotatable bonds is 8. The summed E-state index contributed by atoms with van der Waals surface area (Å²) < 4.78 is 5.42. The molecule has 1 amide bonds. The average molecular weight is 491 g/mol. The van der Waals surface area contributed by atoms with Crippen molar-refractivity contribution in [3.05, 3.63) is 59.3 Å². The maximum Gasteiger partial charge on any atom is 0.328 e. The Bertz CT molecular complexity index is 1080. The van der Waals surface area contributed by atoms with E-state index >= 15 is 0 Å². The van der Waals surface area contributed by atoms with E-state index in [-0.39, 0.29) is 11.8 Å². The monoisotopic (exact) mass is 490 g/mol. The fraction of sp³-hybridized carbons (Fsp3) is 0.500. The Kier molecular flexibility index (Phi) is 8.79. The third-order valence-electron chi connectivity index (χ3n) is 7.86. The van der Waals surface area contributed by atoms with E-state index in [2.05, 4.69) is 30.1 Å². The van der Waals surface area contributed by atoms with E-state index < -0.39 is 5.97 Å². The second-order valence-corrected chi connectivity index (χ2v) is 10.3. The van der Waals surface area contributed by atoms with Gasteiger partial charge in [-0.15, -0.1) is 0 Å². The van der Waals surface area contributed by atoms with Gasteiger partial charge in [-0.25, -0.2) is 9.78 Å². The molecule has 0 unspecified atom stereocenters. The zero-order valence-corrected chi connectivity index (χ0v) is 21.5. The van der Waals surface area contributed by atoms with Gasteiger partial charge in [-0.1, -0.05) is 31.4 Å². The molecule has 0 spiro atoms. The van der Waals surface area contributed by atoms with Crippen molar-refractivity contribution in [1.82, 2.24) is 4.98 Å². The number of carboxylic acids is 1. The zero-order chi connectivity index (χ0) is 25.5. The molecule has 0 aliphatic heterocycles. The number of hydrogen-bond acceptors (Lipinski definition) is 4. The molecule has 0 saturated heterocycles. The largest absolute Gasteiger partial charge is 0.496 e. The number of amides is 1. The van der Waals surface area contributed by atoms with E-state index in [0.717, 1.165) is 68.8 Å². The number of aromatic nitrogens is 1. The summed E-state index contributed by atoms with van der Waals surface area (Å²) in [6.45, 7) is 2.76. The number of carbonyl (C=O) groups is 2. The van der Waals surface area contributed by atoms with Gasteiger partial charge < -0.3 is 9.84 Å². The van der Waals surface area contributed by atoms with Crippen molar-refractivity contribution in [2.24, 2.45) is 11.8 Å². The molecule has 0 radical (unpaired) electrons. The van der Waals surface area contributed by atoms with Crippen LogP contribution >= 0.6 is 0 Å². The molecule has 6 heteroatoms. The van der Waals surface area contributed by atoms with E-state index in [4.69, 9.17) is 9.84 Å². The minimum atomic E-state index is -0.993. The summed E-state index contributed by atoms with van der Waals surface area (Å²) in [4.78, 5) is 31.1. The minimum absolute atomic E-state index is 0.0531. The van der Waals surface area contributed by atoms with Gasteiger partial charge in [0.15, 0.2) is 0 Å². The number of pyridine rings is 1. The molecule has 2 aromatic rings. The fourth-order valence-electron chi connectivity index (χ4n) is 5.81. The van der Waals surface area contributed by atoms with Gasteiger partial charge >= 0.3 is 5.97 Å². The second kappa shape index (κ2) is 12.2. The molecule has 1 aromatic carbocycles. The zero-order valence-electron chi connectivity index (χ0n) is 21.5. The number of carboxylic acid groups (broad SMARTS) is 1. The van der Waals surface area contributed by atoms with E-state index in [1.165, 1.54) is 17.5 Å². The first-order valence-electron chi connectivity index (χ1n) is 13.3. The van der Waals surface area contributed by atoms with Crippen LogP contribution in [0.2, 0.25) is 0 Å². The summed E-state index contributed by atoms with van der Waals surface area (Å²) in [5.41, 5.74) is 3.29. The molecule has 1 N–H and O–H groups in total. The number of aryl methyl sites for hydroxylation is 1. The predicted molar refractivity (Wildman–Crippen MR) is 142 cm³/mol. The van der Waals surface area contributed by atoms with Crippen molar-refractivity contribution in [3.63, 3.8) is 0 Å². The lowest BCUT2D eigenvalue weighted by Gasteiger charge is -2.35. The van der Waals surface area contributed by atoms with Crippen molar-refractivity contribution < 1.29 is 19.4 Å². The Morgan fingerprint density at radius 1 is 1.06 bits per heavy atom. The number of methoxy groups -OCH3 is 1. The van der Waals surface area contributed by atoms with Crippen LogP contribution in [0.3, 0.4) is 0 Å². The molecule has 4 rings (SSSR count). The normalized spacial score (nSPS) is 20.8. The van der Waals surface area contributed by atoms with Crippen LogP contribution in [0.4, 0.5) is 5.82 Å². The molecule has 2 saturated carbocycles. The van der Waals surface area contributed by atoms with Crippen molar-refractivity contribution in [1.29, 1.82) is 0 Å². The van der Waals surface area contributed by atoms with Crippen LogP contribution in [0.25, 0.3) is 6.08 Å². The topological polar surface area (TPSA) is 79.7 Å². The molecular weight excluding hydrogens is 452 g/mol. The fourth-order valence-corrected chi connectivity index (χ4v) is 5.81. The maximum absolute atomic E-state index is 13.7. The number of aliphatic carboxylic acids is 1. The lowest BCUT2D eigenvalue weighted by Crippen LogP contribution is -2.41. The lowest BCUT2D eigenvalue weighted by molar-refractivity contribution is -0.131. The van der Waals surface area contributed by atoms with Gasteiger partial charge in [0.25, 0.3) is 0 Å². The number of benzene rings is 1. The third kappa shape index (κ3) is 6.54. The Balaban J connectivity index is 1.48. The molecule has 0 atom stereocenters. The SMILES string of the molecule is COc1ccc([C@H]2CC[C@H](CN(C(=O)C3CCCCC3)c3cc(C=CC(=O)O)ccn3)CC2)cc1C. The molecule has 36 heavy (non-hydrogen) atoms. The summed E-state index contributed by atoms with van der Waals surface area (Å²) in [5.74, 6) is 1.76. The van der Waals surface area contributed by atoms with Crippen molar-refractivity contribution in [3.8, 4) is 5.75 Å². The first kappa shape index (κ1) is 25.9. The smallest absolute Gasteiger partial charge is 0.328 e. The highest BCUT2D eigenvalue weighted by Gasteiger charge is 2.31. The van der Waals surface area contributed by atoms with E-state index in [0.29, 0.717) is 24.2 Å². The van der Waals surface area contributed by atoms with E-state index in [1.54, 1.807) is 25.4 Å². The number of anilines is 1. The lowest BCUT2D eigenvalue weighted by atomic mass is 9.78. The molecule has 1 heterocycles. The molecule has 2 aliphatic rings. The molecule has 6 nitrogen and oxygen atoms in total. The van der Waals surface area contributed by atoms with E-state index in [9.17, 15) is 9.59 Å². The third-order valence-corrected chi connectivity index (χ3v) is 7.86. The number of nitrogens with zero attached hydrogens (tertiary/aromatic N) is 2. The van der Waals surface area contributed by atoms with Crippen LogP contribution in [0.15, 0.2) is 42.6 Å². The number of carbonyl (C=O) groups excluding carboxylic acids is 1. The van der Waals surface area contributed by atoms with Gasteiger partial charge in [-0.2, -0.15) is 0 Å². The van der Waals surface area contributed by atoms with Gasteiger partial charge in [0.05, 0.1) is 7.11 Å². The Morgan fingerprint density at radius 3 is 2.47 bits per heavy atom. The van der Waals surface area contributed by atoms with Gasteiger partial charge in [0.1, 0.15) is 11.6 Å². The van der Waals surface area contributed by atoms with Crippen molar-refractivity contribution in [2.45, 2.75) is 70.6 Å². The molecule has 1 aromatic heterocycles. The van der Waals surface area contributed by atoms with Crippen LogP contribution in [-0.2, 0) is 9.59 Å². The van der Waals surface area contributed by atoms with Gasteiger partial charge in [-0.05, 0) is 98.2 Å². The Morgan fingerprint density at radius 2 is 1.81 bits per heavy atom. The first-order valence-corrected chi connectivity index (χ1v) is 13.3. The average Bonchev–Trinajstić information content (AvgIpc) is 2.91. The van der Waals surface area contributed by atoms with Crippen LogP contribution in [0.1, 0.15) is 80.4 Å². The maximum atomic E-state index is 13.7. The highest BCUT2D eigenvalue weighted by Crippen LogP contribution is 2.38. The van der Waals surface area contributed by atoms with Gasteiger partial charge in [0, 0.05) is 24.7 Å². The van der Waals surface area contributed by atoms with Crippen LogP contribution in [0, 0.1) is 18.8 Å². The summed E-state index contributed by atoms with van der Waals surface area (Å²) in [5, 5.41) is 9.00. The van der Waals surface area contributed by atoms with Gasteiger partial charge in [0.2, 0.25) is 5.91 Å². The summed E-state index contributed by atoms with van der Waals surface area (Å²) in [6.07, 6.45) is 14.0.